The molecule has 2 rings (SSSR count). The topological polar surface area (TPSA) is 46.0 Å². The van der Waals surface area contributed by atoms with E-state index in [1.165, 1.54) is 11.5 Å². The number of hydrogen-bond acceptors (Lipinski definition) is 4. The summed E-state index contributed by atoms with van der Waals surface area (Å²) in [5, 5.41) is 14.8. The van der Waals surface area contributed by atoms with Gasteiger partial charge >= 0.3 is 0 Å². The van der Waals surface area contributed by atoms with Gasteiger partial charge in [-0.1, -0.05) is 27.7 Å². The van der Waals surface area contributed by atoms with E-state index in [0.29, 0.717) is 16.5 Å². The summed E-state index contributed by atoms with van der Waals surface area (Å²) < 4.78 is 3.70. The lowest BCUT2D eigenvalue weighted by Gasteiger charge is -2.09. The predicted octanol–water partition coefficient (Wildman–Crippen LogP) is 3.12. The summed E-state index contributed by atoms with van der Waals surface area (Å²) in [6, 6.07) is 5.19. The van der Waals surface area contributed by atoms with E-state index in [1.807, 2.05) is 0 Å². The monoisotopic (exact) mass is 274 g/mol. The lowest BCUT2D eigenvalue weighted by atomic mass is 10.1. The molecule has 0 spiro atoms. The van der Waals surface area contributed by atoms with Crippen LogP contribution in [-0.4, -0.2) is 14.7 Å². The van der Waals surface area contributed by atoms with Crippen molar-refractivity contribution in [3.63, 3.8) is 0 Å². The maximum absolute atomic E-state index is 9.91. The Bertz CT molecular complexity index is 476. The molecule has 0 saturated carbocycles. The Morgan fingerprint density at radius 2 is 2.19 bits per heavy atom. The third kappa shape index (κ3) is 2.71. The molecule has 84 valence electrons. The second-order valence-electron chi connectivity index (χ2n) is 3.28. The summed E-state index contributed by atoms with van der Waals surface area (Å²) in [5.41, 5.74) is 0.815. The zero-order chi connectivity index (χ0) is 11.5. The molecule has 1 atom stereocenters. The average molecular weight is 275 g/mol. The smallest absolute Gasteiger partial charge is 0.0954 e. The molecule has 0 bridgehead atoms. The van der Waals surface area contributed by atoms with Crippen molar-refractivity contribution in [2.45, 2.75) is 12.5 Å². The summed E-state index contributed by atoms with van der Waals surface area (Å²) in [6.45, 7) is 0. The minimum absolute atomic E-state index is 0.406. The van der Waals surface area contributed by atoms with Crippen LogP contribution in [0.4, 0.5) is 0 Å². The molecule has 1 N–H and O–H groups in total. The normalized spacial score (nSPS) is 12.7. The summed E-state index contributed by atoms with van der Waals surface area (Å²) in [6.07, 6.45) is 1.31. The maximum atomic E-state index is 9.91. The molecule has 0 aliphatic heterocycles. The highest BCUT2D eigenvalue weighted by atomic mass is 35.5. The molecule has 3 nitrogen and oxygen atoms in total. The Balaban J connectivity index is 2.17. The van der Waals surface area contributed by atoms with Crippen LogP contribution in [0.3, 0.4) is 0 Å². The molecule has 0 aliphatic rings. The molecular weight excluding hydrogens is 267 g/mol. The molecule has 0 aliphatic carbocycles. The first-order chi connectivity index (χ1) is 7.66. The number of aliphatic hydroxyl groups is 1. The Morgan fingerprint density at radius 1 is 1.38 bits per heavy atom. The Kier molecular flexibility index (Phi) is 3.76. The van der Waals surface area contributed by atoms with Crippen LogP contribution >= 0.6 is 34.7 Å². The maximum Gasteiger partial charge on any atom is 0.0954 e. The molecule has 1 heterocycles. The van der Waals surface area contributed by atoms with Gasteiger partial charge < -0.3 is 5.11 Å². The zero-order valence-corrected chi connectivity index (χ0v) is 10.4. The van der Waals surface area contributed by atoms with Crippen molar-refractivity contribution in [3.8, 4) is 0 Å². The van der Waals surface area contributed by atoms with E-state index >= 15 is 0 Å². The number of benzene rings is 1. The standard InChI is InChI=1S/C10H8Cl2N2OS/c11-7-1-2-8(12)6(3-7)4-9(15)10-5-13-14-16-10/h1-3,5,9,15H,4H2. The largest absolute Gasteiger partial charge is 0.387 e. The molecule has 6 heteroatoms. The van der Waals surface area contributed by atoms with Crippen LogP contribution in [0.1, 0.15) is 16.5 Å². The van der Waals surface area contributed by atoms with Crippen molar-refractivity contribution in [1.82, 2.24) is 9.59 Å². The van der Waals surface area contributed by atoms with Gasteiger partial charge in [-0.2, -0.15) is 0 Å². The van der Waals surface area contributed by atoms with Gasteiger partial charge in [-0.25, -0.2) is 0 Å². The lowest BCUT2D eigenvalue weighted by Crippen LogP contribution is -2.00. The molecule has 0 radical (unpaired) electrons. The van der Waals surface area contributed by atoms with Crippen LogP contribution in [-0.2, 0) is 6.42 Å². The van der Waals surface area contributed by atoms with Gasteiger partial charge in [0.05, 0.1) is 17.2 Å². The van der Waals surface area contributed by atoms with Gasteiger partial charge in [0.25, 0.3) is 0 Å². The van der Waals surface area contributed by atoms with Crippen molar-refractivity contribution < 1.29 is 5.11 Å². The Morgan fingerprint density at radius 3 is 2.88 bits per heavy atom. The van der Waals surface area contributed by atoms with Crippen molar-refractivity contribution in [1.29, 1.82) is 0 Å². The van der Waals surface area contributed by atoms with Crippen LogP contribution in [0.5, 0.6) is 0 Å². The number of nitrogens with zero attached hydrogens (tertiary/aromatic N) is 2. The van der Waals surface area contributed by atoms with Gasteiger partial charge in [-0.3, -0.25) is 0 Å². The quantitative estimate of drug-likeness (QED) is 0.936. The highest BCUT2D eigenvalue weighted by Crippen LogP contribution is 2.26. The molecule has 16 heavy (non-hydrogen) atoms. The molecule has 1 aromatic heterocycles. The van der Waals surface area contributed by atoms with Crippen LogP contribution in [0.25, 0.3) is 0 Å². The van der Waals surface area contributed by atoms with Crippen LogP contribution in [0, 0.1) is 0 Å². The second kappa shape index (κ2) is 5.10. The van der Waals surface area contributed by atoms with Gasteiger partial charge in [0.1, 0.15) is 0 Å². The fraction of sp³-hybridized carbons (Fsp3) is 0.200. The number of aliphatic hydroxyl groups excluding tert-OH is 1. The highest BCUT2D eigenvalue weighted by Gasteiger charge is 2.13. The van der Waals surface area contributed by atoms with E-state index in [1.54, 1.807) is 24.4 Å². The average Bonchev–Trinajstić information content (AvgIpc) is 2.76. The first-order valence-corrected chi connectivity index (χ1v) is 6.09. The second-order valence-corrected chi connectivity index (χ2v) is 4.94. The molecule has 0 amide bonds. The van der Waals surface area contributed by atoms with E-state index < -0.39 is 6.10 Å². The summed E-state index contributed by atoms with van der Waals surface area (Å²) in [7, 11) is 0. The Labute approximate surface area is 107 Å². The van der Waals surface area contributed by atoms with Crippen molar-refractivity contribution >= 4 is 34.7 Å². The highest BCUT2D eigenvalue weighted by molar-refractivity contribution is 7.05. The minimum atomic E-state index is -0.643. The van der Waals surface area contributed by atoms with Crippen LogP contribution < -0.4 is 0 Å². The fourth-order valence-electron chi connectivity index (χ4n) is 1.33. The third-order valence-electron chi connectivity index (χ3n) is 2.13. The van der Waals surface area contributed by atoms with E-state index in [-0.39, 0.29) is 0 Å². The lowest BCUT2D eigenvalue weighted by molar-refractivity contribution is 0.182. The molecule has 2 aromatic rings. The fourth-order valence-corrected chi connectivity index (χ4v) is 2.21. The summed E-state index contributed by atoms with van der Waals surface area (Å²) in [5.74, 6) is 0. The Hall–Kier alpha value is -0.680. The van der Waals surface area contributed by atoms with E-state index in [4.69, 9.17) is 23.2 Å². The molecule has 1 unspecified atom stereocenters. The molecule has 0 fully saturated rings. The third-order valence-corrected chi connectivity index (χ3v) is 3.50. The number of halogens is 2. The minimum Gasteiger partial charge on any atom is -0.387 e. The molecular formula is C10H8Cl2N2OS. The number of rotatable bonds is 3. The van der Waals surface area contributed by atoms with Crippen LogP contribution in [0.15, 0.2) is 24.4 Å². The van der Waals surface area contributed by atoms with E-state index in [9.17, 15) is 5.11 Å². The summed E-state index contributed by atoms with van der Waals surface area (Å²) >= 11 is 13.0. The summed E-state index contributed by atoms with van der Waals surface area (Å²) in [4.78, 5) is 0.719. The SMILES string of the molecule is OC(Cc1cc(Cl)ccc1Cl)c1cnns1. The first kappa shape index (κ1) is 11.8. The van der Waals surface area contributed by atoms with Crippen molar-refractivity contribution in [3.05, 3.63) is 44.9 Å². The number of aromatic nitrogens is 2. The van der Waals surface area contributed by atoms with Gasteiger partial charge in [-0.15, -0.1) is 5.10 Å². The first-order valence-electron chi connectivity index (χ1n) is 4.56. The zero-order valence-electron chi connectivity index (χ0n) is 8.10. The molecule has 1 aromatic carbocycles. The van der Waals surface area contributed by atoms with Crippen molar-refractivity contribution in [2.75, 3.05) is 0 Å². The predicted molar refractivity (Wildman–Crippen MR) is 65.0 cm³/mol. The molecule has 0 saturated heterocycles. The van der Waals surface area contributed by atoms with Gasteiger partial charge in [0.2, 0.25) is 0 Å². The van der Waals surface area contributed by atoms with E-state index in [2.05, 4.69) is 9.59 Å². The van der Waals surface area contributed by atoms with Gasteiger partial charge in [0, 0.05) is 16.5 Å². The van der Waals surface area contributed by atoms with E-state index in [0.717, 1.165) is 10.4 Å². The number of hydrogen-bond donors (Lipinski definition) is 1. The van der Waals surface area contributed by atoms with Crippen LogP contribution in [0.2, 0.25) is 10.0 Å². The van der Waals surface area contributed by atoms with Gasteiger partial charge in [0.15, 0.2) is 0 Å². The van der Waals surface area contributed by atoms with Gasteiger partial charge in [-0.05, 0) is 35.3 Å². The van der Waals surface area contributed by atoms with Crippen molar-refractivity contribution in [2.24, 2.45) is 0 Å².